The Bertz CT molecular complexity index is 981. The minimum atomic E-state index is -3.93. The SMILES string of the molecule is COc1ccc(NS(=O)(=O)c2cc3c(cc2Br)NC(=O)CCO3)cc1Cl. The molecule has 0 saturated carbocycles. The summed E-state index contributed by atoms with van der Waals surface area (Å²) < 4.78 is 38.8. The zero-order valence-corrected chi connectivity index (χ0v) is 16.7. The quantitative estimate of drug-likeness (QED) is 0.725. The summed E-state index contributed by atoms with van der Waals surface area (Å²) in [4.78, 5) is 11.6. The van der Waals surface area contributed by atoms with Crippen LogP contribution in [0.15, 0.2) is 39.7 Å². The zero-order chi connectivity index (χ0) is 18.9. The zero-order valence-electron chi connectivity index (χ0n) is 13.5. The van der Waals surface area contributed by atoms with Crippen LogP contribution in [0.25, 0.3) is 0 Å². The lowest BCUT2D eigenvalue weighted by molar-refractivity contribution is -0.116. The second kappa shape index (κ2) is 7.34. The fourth-order valence-electron chi connectivity index (χ4n) is 2.36. The Morgan fingerprint density at radius 1 is 1.31 bits per heavy atom. The van der Waals surface area contributed by atoms with Gasteiger partial charge in [-0.15, -0.1) is 0 Å². The second-order valence-corrected chi connectivity index (χ2v) is 8.29. The average molecular weight is 462 g/mol. The summed E-state index contributed by atoms with van der Waals surface area (Å²) in [7, 11) is -2.46. The first-order valence-electron chi connectivity index (χ1n) is 7.43. The number of halogens is 2. The second-order valence-electron chi connectivity index (χ2n) is 5.38. The van der Waals surface area contributed by atoms with Gasteiger partial charge in [-0.1, -0.05) is 11.6 Å². The Hall–Kier alpha value is -1.97. The summed E-state index contributed by atoms with van der Waals surface area (Å²) in [5, 5.41) is 2.95. The highest BCUT2D eigenvalue weighted by Gasteiger charge is 2.23. The van der Waals surface area contributed by atoms with E-state index in [1.54, 1.807) is 6.07 Å². The lowest BCUT2D eigenvalue weighted by Gasteiger charge is -2.14. The largest absolute Gasteiger partial charge is 0.495 e. The van der Waals surface area contributed by atoms with Gasteiger partial charge in [-0.25, -0.2) is 8.42 Å². The topological polar surface area (TPSA) is 93.7 Å². The molecule has 0 bridgehead atoms. The number of ether oxygens (including phenoxy) is 2. The maximum absolute atomic E-state index is 12.8. The van der Waals surface area contributed by atoms with E-state index >= 15 is 0 Å². The molecule has 1 aliphatic rings. The van der Waals surface area contributed by atoms with Crippen LogP contribution in [0.4, 0.5) is 11.4 Å². The van der Waals surface area contributed by atoms with Gasteiger partial charge in [-0.2, -0.15) is 0 Å². The number of amides is 1. The maximum Gasteiger partial charge on any atom is 0.263 e. The summed E-state index contributed by atoms with van der Waals surface area (Å²) in [6, 6.07) is 7.40. The Balaban J connectivity index is 1.95. The van der Waals surface area contributed by atoms with Crippen LogP contribution in [0.2, 0.25) is 5.02 Å². The van der Waals surface area contributed by atoms with Crippen LogP contribution in [-0.4, -0.2) is 28.0 Å². The number of fused-ring (bicyclic) bond motifs is 1. The molecule has 26 heavy (non-hydrogen) atoms. The molecule has 0 aromatic heterocycles. The van der Waals surface area contributed by atoms with Crippen LogP contribution in [0, 0.1) is 0 Å². The molecule has 2 N–H and O–H groups in total. The standard InChI is InChI=1S/C16H14BrClN2O5S/c1-24-13-3-2-9(6-11(13)18)20-26(22,23)15-8-14-12(7-10(15)17)19-16(21)4-5-25-14/h2-3,6-8,20H,4-5H2,1H3,(H,19,21). The third kappa shape index (κ3) is 3.89. The maximum atomic E-state index is 12.8. The molecule has 0 saturated heterocycles. The Labute approximate surface area is 163 Å². The number of carbonyl (C=O) groups excluding carboxylic acids is 1. The fourth-order valence-corrected chi connectivity index (χ4v) is 4.73. The van der Waals surface area contributed by atoms with Crippen LogP contribution < -0.4 is 19.5 Å². The molecule has 3 rings (SSSR count). The Morgan fingerprint density at radius 3 is 2.77 bits per heavy atom. The van der Waals surface area contributed by atoms with Gasteiger partial charge in [0.1, 0.15) is 16.4 Å². The van der Waals surface area contributed by atoms with Crippen molar-refractivity contribution >= 4 is 54.8 Å². The average Bonchev–Trinajstić information content (AvgIpc) is 2.74. The third-order valence-corrected chi connectivity index (χ3v) is 6.22. The highest BCUT2D eigenvalue weighted by molar-refractivity contribution is 9.10. The van der Waals surface area contributed by atoms with E-state index < -0.39 is 10.0 Å². The van der Waals surface area contributed by atoms with Gasteiger partial charge in [0, 0.05) is 10.5 Å². The molecule has 1 amide bonds. The van der Waals surface area contributed by atoms with E-state index in [4.69, 9.17) is 21.1 Å². The number of benzene rings is 2. The first-order valence-corrected chi connectivity index (χ1v) is 10.1. The highest BCUT2D eigenvalue weighted by atomic mass is 79.9. The van der Waals surface area contributed by atoms with Crippen molar-refractivity contribution in [2.75, 3.05) is 23.8 Å². The van der Waals surface area contributed by atoms with Crippen molar-refractivity contribution in [1.29, 1.82) is 0 Å². The van der Waals surface area contributed by atoms with Gasteiger partial charge in [-0.05, 0) is 40.2 Å². The lowest BCUT2D eigenvalue weighted by Crippen LogP contribution is -2.14. The molecule has 1 aliphatic heterocycles. The lowest BCUT2D eigenvalue weighted by atomic mass is 10.3. The van der Waals surface area contributed by atoms with Crippen molar-refractivity contribution in [3.8, 4) is 11.5 Å². The van der Waals surface area contributed by atoms with Crippen molar-refractivity contribution in [1.82, 2.24) is 0 Å². The van der Waals surface area contributed by atoms with Crippen molar-refractivity contribution in [2.24, 2.45) is 0 Å². The first kappa shape index (κ1) is 18.8. The smallest absolute Gasteiger partial charge is 0.263 e. The molecule has 138 valence electrons. The molecule has 0 aliphatic carbocycles. The number of hydrogen-bond donors (Lipinski definition) is 2. The molecule has 0 fully saturated rings. The molecule has 0 radical (unpaired) electrons. The van der Waals surface area contributed by atoms with Crippen molar-refractivity contribution in [3.05, 3.63) is 39.8 Å². The van der Waals surface area contributed by atoms with Gasteiger partial charge in [0.25, 0.3) is 10.0 Å². The number of nitrogens with one attached hydrogen (secondary N) is 2. The van der Waals surface area contributed by atoms with E-state index in [-0.39, 0.29) is 44.8 Å². The summed E-state index contributed by atoms with van der Waals surface area (Å²) >= 11 is 9.27. The molecule has 2 aromatic carbocycles. The van der Waals surface area contributed by atoms with E-state index in [2.05, 4.69) is 26.0 Å². The summed E-state index contributed by atoms with van der Waals surface area (Å²) in [5.41, 5.74) is 0.692. The monoisotopic (exact) mass is 460 g/mol. The number of carbonyl (C=O) groups is 1. The minimum absolute atomic E-state index is 0.0284. The summed E-state index contributed by atoms with van der Waals surface area (Å²) in [5.74, 6) is 0.523. The van der Waals surface area contributed by atoms with Gasteiger partial charge >= 0.3 is 0 Å². The van der Waals surface area contributed by atoms with E-state index in [1.165, 1.54) is 31.4 Å². The van der Waals surface area contributed by atoms with Gasteiger partial charge in [0.05, 0.1) is 36.5 Å². The van der Waals surface area contributed by atoms with E-state index in [1.807, 2.05) is 0 Å². The number of rotatable bonds is 4. The highest BCUT2D eigenvalue weighted by Crippen LogP contribution is 2.36. The molecule has 0 unspecified atom stereocenters. The predicted molar refractivity (Wildman–Crippen MR) is 102 cm³/mol. The number of anilines is 2. The molecule has 0 spiro atoms. The van der Waals surface area contributed by atoms with Gasteiger partial charge in [0.15, 0.2) is 0 Å². The molecular formula is C16H14BrClN2O5S. The molecule has 1 heterocycles. The number of sulfonamides is 1. The van der Waals surface area contributed by atoms with Crippen LogP contribution >= 0.6 is 27.5 Å². The predicted octanol–water partition coefficient (Wildman–Crippen LogP) is 3.63. The minimum Gasteiger partial charge on any atom is -0.495 e. The van der Waals surface area contributed by atoms with E-state index in [0.29, 0.717) is 11.4 Å². The molecule has 2 aromatic rings. The number of methoxy groups -OCH3 is 1. The van der Waals surface area contributed by atoms with Crippen LogP contribution in [-0.2, 0) is 14.8 Å². The van der Waals surface area contributed by atoms with Gasteiger partial charge < -0.3 is 14.8 Å². The van der Waals surface area contributed by atoms with Gasteiger partial charge in [-0.3, -0.25) is 9.52 Å². The van der Waals surface area contributed by atoms with Crippen molar-refractivity contribution in [3.63, 3.8) is 0 Å². The molecule has 10 heteroatoms. The summed E-state index contributed by atoms with van der Waals surface area (Å²) in [6.07, 6.45) is 0.191. The summed E-state index contributed by atoms with van der Waals surface area (Å²) in [6.45, 7) is 0.168. The third-order valence-electron chi connectivity index (χ3n) is 3.59. The normalized spacial score (nSPS) is 13.9. The number of hydrogen-bond acceptors (Lipinski definition) is 5. The molecule has 7 nitrogen and oxygen atoms in total. The van der Waals surface area contributed by atoms with E-state index in [0.717, 1.165) is 0 Å². The van der Waals surface area contributed by atoms with Crippen LogP contribution in [0.1, 0.15) is 6.42 Å². The van der Waals surface area contributed by atoms with Crippen LogP contribution in [0.5, 0.6) is 11.5 Å². The fraction of sp³-hybridized carbons (Fsp3) is 0.188. The molecule has 0 atom stereocenters. The van der Waals surface area contributed by atoms with Crippen molar-refractivity contribution in [2.45, 2.75) is 11.3 Å². The Morgan fingerprint density at radius 2 is 2.08 bits per heavy atom. The van der Waals surface area contributed by atoms with Gasteiger partial charge in [0.2, 0.25) is 5.91 Å². The first-order chi connectivity index (χ1) is 12.3. The molecular weight excluding hydrogens is 448 g/mol. The van der Waals surface area contributed by atoms with Crippen molar-refractivity contribution < 1.29 is 22.7 Å². The van der Waals surface area contributed by atoms with Crippen LogP contribution in [0.3, 0.4) is 0 Å². The van der Waals surface area contributed by atoms with E-state index in [9.17, 15) is 13.2 Å². The Kier molecular flexibility index (Phi) is 5.31.